The van der Waals surface area contributed by atoms with E-state index in [0.29, 0.717) is 0 Å². The molecule has 0 unspecified atom stereocenters. The molecule has 5 heteroatoms. The van der Waals surface area contributed by atoms with Crippen molar-refractivity contribution in [3.8, 4) is 22.6 Å². The van der Waals surface area contributed by atoms with Gasteiger partial charge in [0, 0.05) is 54.9 Å². The maximum Gasteiger partial charge on any atom is 0.0792 e. The molecule has 0 fully saturated rings. The fourth-order valence-corrected chi connectivity index (χ4v) is 6.07. The summed E-state index contributed by atoms with van der Waals surface area (Å²) in [5.41, 5.74) is 10.1. The number of pyridine rings is 1. The maximum absolute atomic E-state index is 4.97. The Labute approximate surface area is 262 Å². The normalized spacial score (nSPS) is 11.3. The smallest absolute Gasteiger partial charge is 0.0792 e. The van der Waals surface area contributed by atoms with Crippen LogP contribution in [0, 0.1) is 19.1 Å². The monoisotopic (exact) mass is 731 g/mol. The Balaban J connectivity index is 0.000000182. The number of imidazole rings is 1. The Morgan fingerprint density at radius 2 is 1.33 bits per heavy atom. The second-order valence-corrected chi connectivity index (χ2v) is 10.7. The molecular formula is C38H26IrN4-2. The maximum atomic E-state index is 4.97. The summed E-state index contributed by atoms with van der Waals surface area (Å²) in [5, 5.41) is 5.18. The van der Waals surface area contributed by atoms with Crippen molar-refractivity contribution in [1.29, 1.82) is 0 Å². The molecule has 4 nitrogen and oxygen atoms in total. The molecule has 0 N–H and O–H groups in total. The van der Waals surface area contributed by atoms with Gasteiger partial charge in [-0.25, -0.2) is 0 Å². The standard InChI is InChI=1S/C26H16N3.C12H10N.Ir/c1-28-24-14-20-19-12-7-11-18-17-10-5-6-13-22(17)29(25(18)19)23(20)15-21(24)27-26(28)16-8-3-2-4-9-16;1-10-7-8-12(13-9-10)11-5-3-2-4-6-11;/h2-8,10-15H,1H3;2-5,7-9H,1H3;/q2*-1;. The summed E-state index contributed by atoms with van der Waals surface area (Å²) in [6.45, 7) is 2.03. The number of fused-ring (bicyclic) bond motifs is 7. The molecule has 0 aliphatic rings. The summed E-state index contributed by atoms with van der Waals surface area (Å²) in [7, 11) is 2.09. The van der Waals surface area contributed by atoms with Crippen LogP contribution in [0.3, 0.4) is 0 Å². The topological polar surface area (TPSA) is 35.1 Å². The summed E-state index contributed by atoms with van der Waals surface area (Å²) in [6.07, 6.45) is 1.87. The molecule has 0 spiro atoms. The van der Waals surface area contributed by atoms with Gasteiger partial charge in [-0.1, -0.05) is 48.5 Å². The fraction of sp³-hybridized carbons (Fsp3) is 0.0526. The number of benzene rings is 5. The van der Waals surface area contributed by atoms with E-state index in [-0.39, 0.29) is 20.1 Å². The van der Waals surface area contributed by atoms with E-state index in [2.05, 4.69) is 99.9 Å². The molecule has 209 valence electrons. The minimum absolute atomic E-state index is 0. The first-order valence-electron chi connectivity index (χ1n) is 14.1. The van der Waals surface area contributed by atoms with E-state index in [1.165, 1.54) is 43.7 Å². The Hall–Kier alpha value is -4.83. The third kappa shape index (κ3) is 4.40. The van der Waals surface area contributed by atoms with Crippen LogP contribution in [-0.4, -0.2) is 18.9 Å². The average molecular weight is 731 g/mol. The number of para-hydroxylation sites is 2. The van der Waals surface area contributed by atoms with Gasteiger partial charge in [0.2, 0.25) is 0 Å². The van der Waals surface area contributed by atoms with Crippen molar-refractivity contribution in [1.82, 2.24) is 18.9 Å². The molecule has 0 saturated heterocycles. The van der Waals surface area contributed by atoms with E-state index in [1.807, 2.05) is 61.7 Å². The third-order valence-corrected chi connectivity index (χ3v) is 8.07. The zero-order valence-corrected chi connectivity index (χ0v) is 26.1. The minimum Gasteiger partial charge on any atom is -0.367 e. The first-order valence-corrected chi connectivity index (χ1v) is 14.1. The van der Waals surface area contributed by atoms with E-state index in [0.717, 1.165) is 33.7 Å². The molecule has 9 aromatic rings. The van der Waals surface area contributed by atoms with Gasteiger partial charge >= 0.3 is 0 Å². The van der Waals surface area contributed by atoms with Crippen molar-refractivity contribution in [3.63, 3.8) is 0 Å². The van der Waals surface area contributed by atoms with Crippen LogP contribution in [0.5, 0.6) is 0 Å². The van der Waals surface area contributed by atoms with E-state index in [1.54, 1.807) is 0 Å². The van der Waals surface area contributed by atoms with Crippen molar-refractivity contribution in [3.05, 3.63) is 139 Å². The molecule has 0 atom stereocenters. The van der Waals surface area contributed by atoms with Gasteiger partial charge in [-0.15, -0.1) is 71.8 Å². The molecule has 1 radical (unpaired) electrons. The predicted octanol–water partition coefficient (Wildman–Crippen LogP) is 9.05. The Kier molecular flexibility index (Phi) is 6.77. The quantitative estimate of drug-likeness (QED) is 0.167. The van der Waals surface area contributed by atoms with E-state index in [4.69, 9.17) is 4.98 Å². The molecule has 0 amide bonds. The summed E-state index contributed by atoms with van der Waals surface area (Å²) < 4.78 is 4.57. The van der Waals surface area contributed by atoms with Crippen molar-refractivity contribution in [2.75, 3.05) is 0 Å². The molecule has 4 aromatic heterocycles. The Morgan fingerprint density at radius 3 is 2.05 bits per heavy atom. The molecule has 0 aliphatic heterocycles. The Bertz CT molecular complexity index is 2350. The van der Waals surface area contributed by atoms with E-state index >= 15 is 0 Å². The van der Waals surface area contributed by atoms with Crippen molar-refractivity contribution < 1.29 is 20.1 Å². The van der Waals surface area contributed by atoms with Gasteiger partial charge < -0.3 is 14.0 Å². The van der Waals surface area contributed by atoms with Crippen LogP contribution >= 0.6 is 0 Å². The van der Waals surface area contributed by atoms with Crippen LogP contribution in [0.1, 0.15) is 5.56 Å². The second kappa shape index (κ2) is 10.8. The molecule has 0 saturated carbocycles. The summed E-state index contributed by atoms with van der Waals surface area (Å²) in [4.78, 5) is 9.29. The third-order valence-electron chi connectivity index (χ3n) is 8.07. The molecule has 9 rings (SSSR count). The van der Waals surface area contributed by atoms with Gasteiger partial charge in [0.05, 0.1) is 33.4 Å². The second-order valence-electron chi connectivity index (χ2n) is 10.7. The number of nitrogens with zero attached hydrogens (tertiary/aromatic N) is 4. The van der Waals surface area contributed by atoms with Crippen LogP contribution in [0.15, 0.2) is 121 Å². The predicted molar refractivity (Wildman–Crippen MR) is 173 cm³/mol. The summed E-state index contributed by atoms with van der Waals surface area (Å²) in [5.74, 6) is 0.945. The van der Waals surface area contributed by atoms with Crippen LogP contribution in [0.25, 0.3) is 71.8 Å². The first-order chi connectivity index (χ1) is 20.7. The number of aryl methyl sites for hydroxylation is 2. The number of rotatable bonds is 2. The minimum atomic E-state index is 0. The molecular weight excluding hydrogens is 705 g/mol. The van der Waals surface area contributed by atoms with E-state index in [9.17, 15) is 0 Å². The summed E-state index contributed by atoms with van der Waals surface area (Å²) >= 11 is 0. The average Bonchev–Trinajstić information content (AvgIpc) is 3.68. The first kappa shape index (κ1) is 27.0. The number of aromatic nitrogens is 4. The Morgan fingerprint density at radius 1 is 0.628 bits per heavy atom. The molecule has 0 aliphatic carbocycles. The van der Waals surface area contributed by atoms with Gasteiger partial charge in [-0.2, -0.15) is 0 Å². The van der Waals surface area contributed by atoms with Gasteiger partial charge in [-0.3, -0.25) is 4.98 Å². The SMILES string of the molecule is Cc1ccc(-c2[c-]cccc2)nc1.Cn1c(-c2[c-]cccc2)nc2cc3c(cc21)c1cccc2c4ccccc4n3c21.[Ir]. The van der Waals surface area contributed by atoms with Gasteiger partial charge in [0.15, 0.2) is 0 Å². The van der Waals surface area contributed by atoms with Crippen LogP contribution < -0.4 is 0 Å². The van der Waals surface area contributed by atoms with Crippen LogP contribution in [-0.2, 0) is 27.2 Å². The summed E-state index contributed by atoms with van der Waals surface area (Å²) in [6, 6.07) is 46.2. The van der Waals surface area contributed by atoms with Gasteiger partial charge in [0.25, 0.3) is 0 Å². The fourth-order valence-electron chi connectivity index (χ4n) is 6.07. The largest absolute Gasteiger partial charge is 0.367 e. The van der Waals surface area contributed by atoms with Crippen molar-refractivity contribution in [2.45, 2.75) is 6.92 Å². The number of hydrogen-bond donors (Lipinski definition) is 0. The molecule has 43 heavy (non-hydrogen) atoms. The molecule has 5 aromatic carbocycles. The van der Waals surface area contributed by atoms with Crippen LogP contribution in [0.2, 0.25) is 0 Å². The zero-order chi connectivity index (χ0) is 28.2. The zero-order valence-electron chi connectivity index (χ0n) is 23.7. The molecule has 0 bridgehead atoms. The van der Waals surface area contributed by atoms with Crippen LogP contribution in [0.4, 0.5) is 0 Å². The van der Waals surface area contributed by atoms with Crippen molar-refractivity contribution in [2.24, 2.45) is 7.05 Å². The van der Waals surface area contributed by atoms with E-state index < -0.39 is 0 Å². The van der Waals surface area contributed by atoms with Crippen molar-refractivity contribution >= 4 is 49.1 Å². The number of hydrogen-bond acceptors (Lipinski definition) is 2. The van der Waals surface area contributed by atoms with Gasteiger partial charge in [0.1, 0.15) is 0 Å². The molecule has 4 heterocycles. The van der Waals surface area contributed by atoms with Gasteiger partial charge in [-0.05, 0) is 36.4 Å².